The van der Waals surface area contributed by atoms with Gasteiger partial charge in [-0.1, -0.05) is 62.4 Å². The number of furan rings is 1. The monoisotopic (exact) mass is 444 g/mol. The molecule has 4 aromatic carbocycles. The van der Waals surface area contributed by atoms with E-state index in [9.17, 15) is 0 Å². The highest BCUT2D eigenvalue weighted by atomic mass is 32.1. The van der Waals surface area contributed by atoms with Crippen LogP contribution in [-0.4, -0.2) is 4.98 Å². The summed E-state index contributed by atoms with van der Waals surface area (Å²) in [6, 6.07) is 27.5. The van der Waals surface area contributed by atoms with E-state index in [0.29, 0.717) is 0 Å². The molecule has 0 atom stereocenters. The molecule has 0 aliphatic carbocycles. The Labute approximate surface area is 196 Å². The first-order valence-corrected chi connectivity index (χ1v) is 12.0. The lowest BCUT2D eigenvalue weighted by Gasteiger charge is -2.08. The molecule has 7 aromatic rings. The van der Waals surface area contributed by atoms with Gasteiger partial charge in [0.05, 0.1) is 5.69 Å². The lowest BCUT2D eigenvalue weighted by molar-refractivity contribution is 0.672. The molecular weight excluding hydrogens is 422 g/mol. The highest BCUT2D eigenvalue weighted by molar-refractivity contribution is 7.27. The summed E-state index contributed by atoms with van der Waals surface area (Å²) in [5.74, 6) is -0.667. The highest BCUT2D eigenvalue weighted by Crippen LogP contribution is 2.44. The fourth-order valence-corrected chi connectivity index (χ4v) is 6.28. The van der Waals surface area contributed by atoms with Gasteiger partial charge >= 0.3 is 0 Å². The van der Waals surface area contributed by atoms with Crippen LogP contribution in [0.15, 0.2) is 89.5 Å². The van der Waals surface area contributed by atoms with Crippen LogP contribution < -0.4 is 0 Å². The average molecular weight is 445 g/mol. The second-order valence-electron chi connectivity index (χ2n) is 8.79. The summed E-state index contributed by atoms with van der Waals surface area (Å²) in [4.78, 5) is 4.68. The van der Waals surface area contributed by atoms with Gasteiger partial charge in [-0.2, -0.15) is 0 Å². The zero-order chi connectivity index (χ0) is 23.0. The molecule has 0 N–H and O–H groups in total. The second kappa shape index (κ2) is 6.90. The summed E-state index contributed by atoms with van der Waals surface area (Å²) in [5.41, 5.74) is 4.87. The van der Waals surface area contributed by atoms with Crippen molar-refractivity contribution in [2.24, 2.45) is 0 Å². The molecule has 3 heteroatoms. The molecular formula is C30H21NOS. The zero-order valence-corrected chi connectivity index (χ0v) is 19.2. The lowest BCUT2D eigenvalue weighted by Crippen LogP contribution is -1.90. The van der Waals surface area contributed by atoms with Crippen LogP contribution in [0, 0.1) is 0 Å². The van der Waals surface area contributed by atoms with Gasteiger partial charge in [0.1, 0.15) is 11.2 Å². The zero-order valence-electron chi connectivity index (χ0n) is 19.3. The Morgan fingerprint density at radius 1 is 0.758 bits per heavy atom. The van der Waals surface area contributed by atoms with E-state index in [4.69, 9.17) is 5.79 Å². The van der Waals surface area contributed by atoms with Crippen molar-refractivity contribution in [2.75, 3.05) is 0 Å². The maximum Gasteiger partial charge on any atom is 0.143 e. The predicted molar refractivity (Wildman–Crippen MR) is 141 cm³/mol. The number of hydrogen-bond acceptors (Lipinski definition) is 3. The molecule has 0 unspecified atom stereocenters. The van der Waals surface area contributed by atoms with E-state index in [1.54, 1.807) is 0 Å². The smallest absolute Gasteiger partial charge is 0.143 e. The van der Waals surface area contributed by atoms with Gasteiger partial charge < -0.3 is 4.42 Å². The van der Waals surface area contributed by atoms with Gasteiger partial charge in [0.15, 0.2) is 0 Å². The van der Waals surface area contributed by atoms with Crippen LogP contribution in [0.4, 0.5) is 0 Å². The first-order chi connectivity index (χ1) is 16.5. The second-order valence-corrected chi connectivity index (χ2v) is 9.81. The van der Waals surface area contributed by atoms with E-state index in [-0.39, 0.29) is 0 Å². The molecule has 0 bridgehead atoms. The number of aromatic nitrogens is 1. The van der Waals surface area contributed by atoms with Crippen molar-refractivity contribution < 1.29 is 5.79 Å². The molecule has 0 saturated heterocycles. The fourth-order valence-electron chi connectivity index (χ4n) is 4.93. The molecule has 158 valence electrons. The van der Waals surface area contributed by atoms with Gasteiger partial charge in [0, 0.05) is 54.8 Å². The lowest BCUT2D eigenvalue weighted by atomic mass is 10.00. The topological polar surface area (TPSA) is 26.0 Å². The van der Waals surface area contributed by atoms with Gasteiger partial charge in [0.2, 0.25) is 0 Å². The Morgan fingerprint density at radius 2 is 1.45 bits per heavy atom. The third-order valence-corrected chi connectivity index (χ3v) is 7.90. The van der Waals surface area contributed by atoms with Gasteiger partial charge in [-0.15, -0.1) is 11.3 Å². The number of hydrogen-bond donors (Lipinski definition) is 0. The first kappa shape index (κ1) is 17.8. The number of pyridine rings is 1. The third-order valence-electron chi connectivity index (χ3n) is 6.61. The number of fused-ring (bicyclic) bond motifs is 9. The molecule has 7 rings (SSSR count). The van der Waals surface area contributed by atoms with Crippen LogP contribution in [0.25, 0.3) is 64.1 Å². The summed E-state index contributed by atoms with van der Waals surface area (Å²) in [6.07, 6.45) is 1.82. The molecule has 0 saturated carbocycles. The van der Waals surface area contributed by atoms with E-state index in [1.807, 2.05) is 49.6 Å². The van der Waals surface area contributed by atoms with Crippen LogP contribution in [0.5, 0.6) is 0 Å². The van der Waals surface area contributed by atoms with E-state index < -0.39 is 5.89 Å². The number of benzene rings is 4. The SMILES string of the molecule is [2H]C(C)(C)c1ccnc(-c2cccc3c2sc2c3ccc3c2ccc2c4ccccc4oc23)c1. The molecule has 3 aromatic heterocycles. The van der Waals surface area contributed by atoms with E-state index in [1.165, 1.54) is 25.6 Å². The number of rotatable bonds is 2. The molecule has 3 heterocycles. The van der Waals surface area contributed by atoms with Crippen molar-refractivity contribution in [1.82, 2.24) is 4.98 Å². The average Bonchev–Trinajstić information content (AvgIpc) is 3.42. The standard InChI is InChI=1S/C30H21NOS/c1-17(2)18-14-15-31-26(16-18)25-8-5-7-22-24-13-11-21-23(29(24)33-30(22)25)12-10-20-19-6-3-4-9-27(19)32-28(20)21/h3-17H,1-2H3/i17D. The molecule has 2 nitrogen and oxygen atoms in total. The highest BCUT2D eigenvalue weighted by Gasteiger charge is 2.16. The Hall–Kier alpha value is -3.69. The van der Waals surface area contributed by atoms with E-state index in [2.05, 4.69) is 65.6 Å². The minimum absolute atomic E-state index is 0.667. The maximum absolute atomic E-state index is 8.45. The molecule has 0 radical (unpaired) electrons. The van der Waals surface area contributed by atoms with Gasteiger partial charge in [-0.3, -0.25) is 4.98 Å². The number of nitrogens with zero attached hydrogens (tertiary/aromatic N) is 1. The van der Waals surface area contributed by atoms with Gasteiger partial charge in [0.25, 0.3) is 0 Å². The van der Waals surface area contributed by atoms with Crippen LogP contribution >= 0.6 is 11.3 Å². The van der Waals surface area contributed by atoms with E-state index in [0.717, 1.165) is 44.1 Å². The molecule has 0 spiro atoms. The van der Waals surface area contributed by atoms with Gasteiger partial charge in [-0.05, 0) is 41.8 Å². The van der Waals surface area contributed by atoms with Crippen LogP contribution in [-0.2, 0) is 0 Å². The fraction of sp³-hybridized carbons (Fsp3) is 0.100. The van der Waals surface area contributed by atoms with Gasteiger partial charge in [-0.25, -0.2) is 0 Å². The van der Waals surface area contributed by atoms with Crippen molar-refractivity contribution in [3.63, 3.8) is 0 Å². The predicted octanol–water partition coefficient (Wildman–Crippen LogP) is 9.29. The molecule has 0 aliphatic rings. The summed E-state index contributed by atoms with van der Waals surface area (Å²) in [7, 11) is 0. The Kier molecular flexibility index (Phi) is 3.73. The van der Waals surface area contributed by atoms with Crippen molar-refractivity contribution in [3.8, 4) is 11.3 Å². The van der Waals surface area contributed by atoms with Crippen LogP contribution in [0.1, 0.15) is 26.7 Å². The minimum Gasteiger partial charge on any atom is -0.455 e. The van der Waals surface area contributed by atoms with E-state index >= 15 is 0 Å². The quantitative estimate of drug-likeness (QED) is 0.265. The van der Waals surface area contributed by atoms with Crippen molar-refractivity contribution >= 4 is 64.2 Å². The van der Waals surface area contributed by atoms with Crippen LogP contribution in [0.2, 0.25) is 0 Å². The first-order valence-electron chi connectivity index (χ1n) is 11.6. The molecule has 0 amide bonds. The Bertz CT molecular complexity index is 1900. The normalized spacial score (nSPS) is 13.0. The number of para-hydroxylation sites is 1. The summed E-state index contributed by atoms with van der Waals surface area (Å²) < 4.78 is 17.2. The van der Waals surface area contributed by atoms with Crippen LogP contribution in [0.3, 0.4) is 0 Å². The van der Waals surface area contributed by atoms with Crippen molar-refractivity contribution in [2.45, 2.75) is 19.7 Å². The summed E-state index contributed by atoms with van der Waals surface area (Å²) in [5, 5.41) is 7.16. The minimum atomic E-state index is -0.667. The Morgan fingerprint density at radius 3 is 2.30 bits per heavy atom. The van der Waals surface area contributed by atoms with Crippen molar-refractivity contribution in [1.29, 1.82) is 0 Å². The maximum atomic E-state index is 8.45. The molecule has 0 fully saturated rings. The molecule has 0 aliphatic heterocycles. The Balaban J connectivity index is 1.53. The van der Waals surface area contributed by atoms with Crippen molar-refractivity contribution in [3.05, 3.63) is 90.6 Å². The molecule has 33 heavy (non-hydrogen) atoms. The summed E-state index contributed by atoms with van der Waals surface area (Å²) >= 11 is 1.81. The summed E-state index contributed by atoms with van der Waals surface area (Å²) in [6.45, 7) is 3.83. The number of thiophene rings is 1. The largest absolute Gasteiger partial charge is 0.455 e. The third kappa shape index (κ3) is 2.69.